The summed E-state index contributed by atoms with van der Waals surface area (Å²) >= 11 is 0. The quantitative estimate of drug-likeness (QED) is 0.148. The van der Waals surface area contributed by atoms with Crippen LogP contribution in [0.3, 0.4) is 0 Å². The number of amides is 1. The summed E-state index contributed by atoms with van der Waals surface area (Å²) in [5, 5.41) is 32.5. The molecule has 0 radical (unpaired) electrons. The molecule has 4 aromatic rings. The fourth-order valence-electron chi connectivity index (χ4n) is 5.25. The first-order valence-corrected chi connectivity index (χ1v) is 13.9. The van der Waals surface area contributed by atoms with E-state index in [1.54, 1.807) is 16.7 Å². The van der Waals surface area contributed by atoms with Crippen molar-refractivity contribution in [1.82, 2.24) is 4.57 Å². The van der Waals surface area contributed by atoms with E-state index in [1.165, 1.54) is 60.7 Å². The highest BCUT2D eigenvalue weighted by Crippen LogP contribution is 2.43. The lowest BCUT2D eigenvalue weighted by Crippen LogP contribution is -2.22. The molecule has 4 rings (SSSR count). The summed E-state index contributed by atoms with van der Waals surface area (Å²) in [4.78, 5) is 25.0. The number of anilines is 1. The number of rotatable bonds is 12. The lowest BCUT2D eigenvalue weighted by molar-refractivity contribution is -0.139. The maximum Gasteiger partial charge on any atom is 0.305 e. The molecule has 0 saturated heterocycles. The summed E-state index contributed by atoms with van der Waals surface area (Å²) in [7, 11) is 0. The van der Waals surface area contributed by atoms with Gasteiger partial charge in [0, 0.05) is 28.6 Å². The predicted molar refractivity (Wildman–Crippen MR) is 157 cm³/mol. The van der Waals surface area contributed by atoms with Crippen molar-refractivity contribution < 1.29 is 38.1 Å². The molecule has 7 nitrogen and oxygen atoms in total. The minimum absolute atomic E-state index is 0.115. The molecule has 0 fully saturated rings. The number of nitrogens with zero attached hydrogens (tertiary/aromatic N) is 1. The van der Waals surface area contributed by atoms with E-state index in [4.69, 9.17) is 5.11 Å². The van der Waals surface area contributed by atoms with Gasteiger partial charge in [0.2, 0.25) is 0 Å². The average Bonchev–Trinajstić information content (AvgIpc) is 3.29. The van der Waals surface area contributed by atoms with Crippen LogP contribution < -0.4 is 5.32 Å². The van der Waals surface area contributed by atoms with Gasteiger partial charge in [-0.05, 0) is 92.8 Å². The maximum absolute atomic E-state index is 14.0. The Morgan fingerprint density at radius 2 is 1.26 bits per heavy atom. The molecule has 0 bridgehead atoms. The normalized spacial score (nSPS) is 12.7. The minimum atomic E-state index is -1.24. The topological polar surface area (TPSA) is 112 Å². The monoisotopic (exact) mass is 594 g/mol. The largest absolute Gasteiger partial charge is 0.481 e. The molecule has 0 unspecified atom stereocenters. The molecule has 0 aliphatic rings. The number of hydrogen-bond donors (Lipinski definition) is 4. The van der Waals surface area contributed by atoms with Gasteiger partial charge in [-0.15, -0.1) is 0 Å². The lowest BCUT2D eigenvalue weighted by atomic mass is 9.92. The van der Waals surface area contributed by atoms with E-state index in [-0.39, 0.29) is 31.0 Å². The molecule has 43 heavy (non-hydrogen) atoms. The summed E-state index contributed by atoms with van der Waals surface area (Å²) in [6, 6.07) is 16.3. The third kappa shape index (κ3) is 7.71. The number of carbonyl (C=O) groups excluding carboxylic acids is 1. The number of hydrogen-bond acceptors (Lipinski definition) is 4. The van der Waals surface area contributed by atoms with Gasteiger partial charge in [0.1, 0.15) is 23.1 Å². The van der Waals surface area contributed by atoms with Crippen LogP contribution in [0.2, 0.25) is 0 Å². The summed E-state index contributed by atoms with van der Waals surface area (Å²) in [5.41, 5.74) is 3.31. The van der Waals surface area contributed by atoms with Crippen LogP contribution in [0.1, 0.15) is 55.3 Å². The first-order chi connectivity index (χ1) is 20.4. The third-order valence-corrected chi connectivity index (χ3v) is 7.08. The Balaban J connectivity index is 1.91. The second-order valence-electron chi connectivity index (χ2n) is 10.7. The van der Waals surface area contributed by atoms with Gasteiger partial charge in [-0.3, -0.25) is 9.59 Å². The predicted octanol–water partition coefficient (Wildman–Crippen LogP) is 6.59. The van der Waals surface area contributed by atoms with Crippen molar-refractivity contribution in [2.24, 2.45) is 0 Å². The molecular formula is C33H33F3N2O5. The molecule has 0 aliphatic carbocycles. The second-order valence-corrected chi connectivity index (χ2v) is 10.7. The Labute approximate surface area is 247 Å². The molecule has 4 N–H and O–H groups in total. The zero-order valence-electron chi connectivity index (χ0n) is 23.7. The van der Waals surface area contributed by atoms with E-state index in [2.05, 4.69) is 5.32 Å². The SMILES string of the molecule is CC(C)n1c(CC[C@@H](O)C[C@@H](O)CC(=O)O)c(-c2ccc(F)cc2)c(-c2ccc(F)cc2)c1C(=O)Nc1ccc(F)cc1. The zero-order valence-corrected chi connectivity index (χ0v) is 23.7. The van der Waals surface area contributed by atoms with E-state index in [0.717, 1.165) is 0 Å². The molecule has 10 heteroatoms. The Kier molecular flexibility index (Phi) is 10.1. The van der Waals surface area contributed by atoms with Gasteiger partial charge in [-0.2, -0.15) is 0 Å². The number of carboxylic acid groups (broad SMARTS) is 1. The van der Waals surface area contributed by atoms with E-state index in [1.807, 2.05) is 13.8 Å². The van der Waals surface area contributed by atoms with Crippen LogP contribution >= 0.6 is 0 Å². The Morgan fingerprint density at radius 3 is 1.74 bits per heavy atom. The average molecular weight is 595 g/mol. The third-order valence-electron chi connectivity index (χ3n) is 7.08. The number of aliphatic hydroxyl groups is 2. The Bertz CT molecular complexity index is 1570. The van der Waals surface area contributed by atoms with Gasteiger partial charge in [0.05, 0.1) is 18.6 Å². The van der Waals surface area contributed by atoms with Crippen LogP contribution in [0.15, 0.2) is 72.8 Å². The van der Waals surface area contributed by atoms with E-state index < -0.39 is 48.0 Å². The van der Waals surface area contributed by atoms with Crippen molar-refractivity contribution in [2.75, 3.05) is 5.32 Å². The number of aliphatic carboxylic acids is 1. The van der Waals surface area contributed by atoms with Crippen LogP contribution in [-0.2, 0) is 11.2 Å². The van der Waals surface area contributed by atoms with E-state index in [9.17, 15) is 33.0 Å². The molecule has 1 heterocycles. The van der Waals surface area contributed by atoms with Crippen LogP contribution in [-0.4, -0.2) is 44.0 Å². The van der Waals surface area contributed by atoms with Crippen molar-refractivity contribution in [2.45, 2.75) is 57.8 Å². The standard InChI is InChI=1S/C33H33F3N2O5/c1-19(2)38-28(16-15-26(39)17-27(40)18-29(41)42)30(20-3-7-22(34)8-4-20)31(21-5-9-23(35)10-6-21)32(38)33(43)37-25-13-11-24(36)12-14-25/h3-14,19,26-27,39-40H,15-18H2,1-2H3,(H,37,43)(H,41,42)/t26-,27-/m1/s1. The second kappa shape index (κ2) is 13.7. The van der Waals surface area contributed by atoms with Gasteiger partial charge < -0.3 is 25.2 Å². The zero-order chi connectivity index (χ0) is 31.3. The highest BCUT2D eigenvalue weighted by atomic mass is 19.1. The maximum atomic E-state index is 14.0. The van der Waals surface area contributed by atoms with Crippen molar-refractivity contribution in [3.63, 3.8) is 0 Å². The van der Waals surface area contributed by atoms with Crippen molar-refractivity contribution in [3.05, 3.63) is 102 Å². The molecule has 0 aliphatic heterocycles. The van der Waals surface area contributed by atoms with Gasteiger partial charge >= 0.3 is 5.97 Å². The molecule has 0 saturated carbocycles. The van der Waals surface area contributed by atoms with Crippen LogP contribution in [0, 0.1) is 17.5 Å². The highest BCUT2D eigenvalue weighted by molar-refractivity contribution is 6.11. The number of halogens is 3. The van der Waals surface area contributed by atoms with Crippen LogP contribution in [0.5, 0.6) is 0 Å². The summed E-state index contributed by atoms with van der Waals surface area (Å²) in [5.74, 6) is -3.12. The number of benzene rings is 3. The molecule has 2 atom stereocenters. The summed E-state index contributed by atoms with van der Waals surface area (Å²) in [6.07, 6.45) is -2.66. The number of carbonyl (C=O) groups is 2. The van der Waals surface area contributed by atoms with Gasteiger partial charge in [-0.1, -0.05) is 24.3 Å². The summed E-state index contributed by atoms with van der Waals surface area (Å²) in [6.45, 7) is 3.74. The Hall–Kier alpha value is -4.41. The molecule has 1 amide bonds. The van der Waals surface area contributed by atoms with Crippen molar-refractivity contribution in [3.8, 4) is 22.3 Å². The van der Waals surface area contributed by atoms with Crippen LogP contribution in [0.25, 0.3) is 22.3 Å². The number of carboxylic acids is 1. The molecular weight excluding hydrogens is 561 g/mol. The van der Waals surface area contributed by atoms with Crippen molar-refractivity contribution >= 4 is 17.6 Å². The van der Waals surface area contributed by atoms with E-state index in [0.29, 0.717) is 33.6 Å². The van der Waals surface area contributed by atoms with Gasteiger partial charge in [0.15, 0.2) is 0 Å². The minimum Gasteiger partial charge on any atom is -0.481 e. The molecule has 1 aromatic heterocycles. The van der Waals surface area contributed by atoms with E-state index >= 15 is 0 Å². The first kappa shape index (κ1) is 31.5. The first-order valence-electron chi connectivity index (χ1n) is 13.9. The van der Waals surface area contributed by atoms with Crippen molar-refractivity contribution in [1.29, 1.82) is 0 Å². The highest BCUT2D eigenvalue weighted by Gasteiger charge is 2.30. The fourth-order valence-corrected chi connectivity index (χ4v) is 5.25. The molecule has 0 spiro atoms. The number of aromatic nitrogens is 1. The summed E-state index contributed by atoms with van der Waals surface area (Å²) < 4.78 is 43.4. The Morgan fingerprint density at radius 1 is 0.767 bits per heavy atom. The lowest BCUT2D eigenvalue weighted by Gasteiger charge is -2.20. The van der Waals surface area contributed by atoms with Crippen LogP contribution in [0.4, 0.5) is 18.9 Å². The number of aliphatic hydroxyl groups excluding tert-OH is 2. The molecule has 3 aromatic carbocycles. The number of nitrogens with one attached hydrogen (secondary N) is 1. The van der Waals surface area contributed by atoms with Gasteiger partial charge in [0.25, 0.3) is 5.91 Å². The molecule has 226 valence electrons. The smallest absolute Gasteiger partial charge is 0.305 e. The van der Waals surface area contributed by atoms with Gasteiger partial charge in [-0.25, -0.2) is 13.2 Å². The fraction of sp³-hybridized carbons (Fsp3) is 0.273.